The molecule has 5 aromatic rings. The van der Waals surface area contributed by atoms with E-state index < -0.39 is 50.5 Å². The quantitative estimate of drug-likeness (QED) is 0.217. The van der Waals surface area contributed by atoms with Gasteiger partial charge in [-0.3, -0.25) is 0 Å². The van der Waals surface area contributed by atoms with E-state index in [0.29, 0.717) is 33.2 Å². The molecule has 2 nitrogen and oxygen atoms in total. The van der Waals surface area contributed by atoms with Crippen molar-refractivity contribution in [3.63, 3.8) is 0 Å². The van der Waals surface area contributed by atoms with Crippen molar-refractivity contribution >= 4 is 21.9 Å². The second-order valence-electron chi connectivity index (χ2n) is 10.5. The van der Waals surface area contributed by atoms with Crippen LogP contribution in [0.3, 0.4) is 0 Å². The van der Waals surface area contributed by atoms with E-state index >= 15 is 0 Å². The molecular weight excluding hydrogens is 462 g/mol. The maximum absolute atomic E-state index is 9.63. The molecule has 0 spiro atoms. The molecule has 2 atom stereocenters. The lowest BCUT2D eigenvalue weighted by Gasteiger charge is -2.40. The summed E-state index contributed by atoms with van der Waals surface area (Å²) < 4.78 is 138. The number of aromatic nitrogens is 1. The minimum atomic E-state index is -3.62. The van der Waals surface area contributed by atoms with Crippen LogP contribution in [0.15, 0.2) is 65.2 Å². The number of hydrogen-bond acceptors (Lipinski definition) is 1. The molecule has 2 unspecified atom stereocenters. The lowest BCUT2D eigenvalue weighted by Crippen LogP contribution is -2.37. The van der Waals surface area contributed by atoms with E-state index in [0.717, 1.165) is 12.5 Å². The van der Waals surface area contributed by atoms with Crippen LogP contribution in [0.4, 0.5) is 0 Å². The van der Waals surface area contributed by atoms with Crippen molar-refractivity contribution in [2.45, 2.75) is 66.4 Å². The Balaban J connectivity index is 1.82. The Bertz CT molecular complexity index is 2290. The zero-order valence-electron chi connectivity index (χ0n) is 37.1. The van der Waals surface area contributed by atoms with Gasteiger partial charge in [-0.15, -0.1) is 0 Å². The van der Waals surface area contributed by atoms with Crippen LogP contribution in [0.2, 0.25) is 0 Å². The molecule has 2 heteroatoms. The van der Waals surface area contributed by atoms with Crippen LogP contribution in [0.1, 0.15) is 95.6 Å². The molecule has 3 aromatic carbocycles. The van der Waals surface area contributed by atoms with Gasteiger partial charge in [0.15, 0.2) is 6.20 Å². The molecule has 1 aliphatic rings. The van der Waals surface area contributed by atoms with Crippen LogP contribution in [0.5, 0.6) is 0 Å². The topological polar surface area (TPSA) is 17.0 Å². The molecule has 194 valence electrons. The highest BCUT2D eigenvalue weighted by Gasteiger charge is 2.48. The number of hydrogen-bond donors (Lipinski definition) is 0. The van der Waals surface area contributed by atoms with E-state index in [1.54, 1.807) is 49.7 Å². The molecule has 0 bridgehead atoms. The Morgan fingerprint density at radius 2 is 1.55 bits per heavy atom. The monoisotopic (exact) mass is 517 g/mol. The summed E-state index contributed by atoms with van der Waals surface area (Å²) in [5.74, 6) is -7.72. The Kier molecular flexibility index (Phi) is 2.95. The second-order valence-corrected chi connectivity index (χ2v) is 10.5. The summed E-state index contributed by atoms with van der Waals surface area (Å²) in [5.41, 5.74) is 0.109. The van der Waals surface area contributed by atoms with Gasteiger partial charge in [0.1, 0.15) is 18.2 Å². The zero-order valence-corrected chi connectivity index (χ0v) is 22.1. The first kappa shape index (κ1) is 13.1. The largest absolute Gasteiger partial charge is 0.454 e. The molecule has 1 aliphatic carbocycles. The molecule has 0 fully saturated rings. The van der Waals surface area contributed by atoms with Gasteiger partial charge in [0.05, 0.1) is 5.56 Å². The van der Waals surface area contributed by atoms with Crippen molar-refractivity contribution < 1.29 is 29.5 Å². The van der Waals surface area contributed by atoms with E-state index in [4.69, 9.17) is 22.2 Å². The molecule has 0 N–H and O–H groups in total. The molecule has 0 saturated heterocycles. The van der Waals surface area contributed by atoms with Crippen LogP contribution in [-0.4, -0.2) is 0 Å². The predicted molar refractivity (Wildman–Crippen MR) is 160 cm³/mol. The SMILES string of the molecule is [2H]C([2H])([2H])c1c[n+](C)c(-c2c(C)ccc3c2oc2c4c(ccc23)C(C([2H])(C)C([2H])([2H])[2H])(C([2H])(C([2H])([2H])[2H])C([2H])([2H])[2H])c2ccccc2-4)cc1C([2H])(C)C. The third-order valence-corrected chi connectivity index (χ3v) is 8.03. The van der Waals surface area contributed by atoms with E-state index in [2.05, 4.69) is 0 Å². The van der Waals surface area contributed by atoms with Gasteiger partial charge in [0, 0.05) is 53.9 Å². The summed E-state index contributed by atoms with van der Waals surface area (Å²) in [6.07, 6.45) is 1.48. The fraction of sp³-hybridized carbons (Fsp3) is 0.361. The van der Waals surface area contributed by atoms with Crippen LogP contribution < -0.4 is 4.57 Å². The first-order valence-electron chi connectivity index (χ1n) is 20.1. The van der Waals surface area contributed by atoms with Gasteiger partial charge in [-0.1, -0.05) is 89.9 Å². The van der Waals surface area contributed by atoms with Gasteiger partial charge in [-0.25, -0.2) is 4.57 Å². The molecule has 0 aliphatic heterocycles. The highest BCUT2D eigenvalue weighted by atomic mass is 16.3. The Hall–Kier alpha value is -3.39. The third-order valence-electron chi connectivity index (χ3n) is 8.03. The first-order valence-corrected chi connectivity index (χ1v) is 12.6. The second kappa shape index (κ2) is 8.56. The van der Waals surface area contributed by atoms with E-state index in [1.165, 1.54) is 24.4 Å². The number of furan rings is 1. The maximum atomic E-state index is 9.63. The third kappa shape index (κ3) is 3.16. The average molecular weight is 518 g/mol. The van der Waals surface area contributed by atoms with Crippen LogP contribution in [0, 0.1) is 25.6 Å². The summed E-state index contributed by atoms with van der Waals surface area (Å²) in [6.45, 7) is -6.98. The lowest BCUT2D eigenvalue weighted by molar-refractivity contribution is -0.660. The standard InChI is InChI=1S/C36H40NO/c1-20(2)28-18-31(37(9)19-24(28)8)32-23(7)14-15-25-26-16-17-30-33(35(26)38-34(25)32)27-12-10-11-13-29(27)36(30,21(3)4)22(5)6/h10-22H,1-9H3/q+1/i3D3,4D3,5D3,8D3,20D,21D,22D. The molecule has 0 radical (unpaired) electrons. The van der Waals surface area contributed by atoms with Crippen molar-refractivity contribution in [1.29, 1.82) is 0 Å². The predicted octanol–water partition coefficient (Wildman–Crippen LogP) is 9.40. The summed E-state index contributed by atoms with van der Waals surface area (Å²) in [4.78, 5) is 0. The smallest absolute Gasteiger partial charge is 0.216 e. The fourth-order valence-corrected chi connectivity index (χ4v) is 6.25. The Labute approximate surface area is 248 Å². The van der Waals surface area contributed by atoms with Gasteiger partial charge >= 0.3 is 0 Å². The minimum absolute atomic E-state index is 0.0269. The van der Waals surface area contributed by atoms with E-state index in [9.17, 15) is 2.74 Å². The van der Waals surface area contributed by atoms with E-state index in [1.807, 2.05) is 19.1 Å². The van der Waals surface area contributed by atoms with Crippen molar-refractivity contribution in [2.75, 3.05) is 0 Å². The highest BCUT2D eigenvalue weighted by molar-refractivity contribution is 6.14. The molecular formula is C36H40NO+. The van der Waals surface area contributed by atoms with Crippen molar-refractivity contribution in [1.82, 2.24) is 0 Å². The van der Waals surface area contributed by atoms with Gasteiger partial charge in [0.25, 0.3) is 0 Å². The van der Waals surface area contributed by atoms with Gasteiger partial charge < -0.3 is 4.42 Å². The molecule has 0 saturated carbocycles. The maximum Gasteiger partial charge on any atom is 0.216 e. The molecule has 38 heavy (non-hydrogen) atoms. The van der Waals surface area contributed by atoms with E-state index in [-0.39, 0.29) is 33.4 Å². The number of nitrogens with zero attached hydrogens (tertiary/aromatic N) is 1. The minimum Gasteiger partial charge on any atom is -0.454 e. The number of benzene rings is 3. The van der Waals surface area contributed by atoms with Gasteiger partial charge in [0.2, 0.25) is 5.69 Å². The average Bonchev–Trinajstić information content (AvgIpc) is 3.52. The lowest BCUT2D eigenvalue weighted by atomic mass is 9.63. The van der Waals surface area contributed by atoms with Crippen molar-refractivity contribution in [3.8, 4) is 22.4 Å². The summed E-state index contributed by atoms with van der Waals surface area (Å²) >= 11 is 0. The van der Waals surface area contributed by atoms with Crippen LogP contribution in [-0.2, 0) is 12.5 Å². The number of aryl methyl sites for hydroxylation is 3. The molecule has 0 amide bonds. The summed E-state index contributed by atoms with van der Waals surface area (Å²) in [6, 6.07) is 14.5. The summed E-state index contributed by atoms with van der Waals surface area (Å²) in [7, 11) is 1.69. The Morgan fingerprint density at radius 3 is 2.26 bits per heavy atom. The van der Waals surface area contributed by atoms with Crippen LogP contribution in [0.25, 0.3) is 44.3 Å². The van der Waals surface area contributed by atoms with Crippen molar-refractivity contribution in [3.05, 3.63) is 88.6 Å². The molecule has 2 heterocycles. The van der Waals surface area contributed by atoms with Gasteiger partial charge in [-0.2, -0.15) is 0 Å². The first-order chi connectivity index (χ1) is 24.0. The molecule has 2 aromatic heterocycles. The zero-order chi connectivity index (χ0) is 39.9. The normalized spacial score (nSPS) is 26.1. The molecule has 6 rings (SSSR count). The van der Waals surface area contributed by atoms with Crippen molar-refractivity contribution in [2.24, 2.45) is 18.8 Å². The summed E-state index contributed by atoms with van der Waals surface area (Å²) in [5, 5.41) is 1.12. The number of pyridine rings is 1. The van der Waals surface area contributed by atoms with Gasteiger partial charge in [-0.05, 0) is 59.3 Å². The highest BCUT2D eigenvalue weighted by Crippen LogP contribution is 2.58. The van der Waals surface area contributed by atoms with Crippen LogP contribution >= 0.6 is 0 Å². The number of fused-ring (bicyclic) bond motifs is 7. The Morgan fingerprint density at radius 1 is 0.842 bits per heavy atom. The fourth-order valence-electron chi connectivity index (χ4n) is 6.25. The number of rotatable bonds is 4.